The van der Waals surface area contributed by atoms with Crippen LogP contribution in [0.4, 0.5) is 0 Å². The quantitative estimate of drug-likeness (QED) is 0.152. The molecule has 0 saturated carbocycles. The smallest absolute Gasteiger partial charge is 0.136 e. The van der Waals surface area contributed by atoms with Crippen LogP contribution in [-0.2, 0) is 0 Å². The zero-order valence-electron chi connectivity index (χ0n) is 24.4. The van der Waals surface area contributed by atoms with Crippen molar-refractivity contribution in [3.63, 3.8) is 0 Å². The van der Waals surface area contributed by atoms with Gasteiger partial charge in [0.05, 0.1) is 0 Å². The molecule has 208 valence electrons. The van der Waals surface area contributed by atoms with Crippen LogP contribution < -0.4 is 0 Å². The molecule has 1 heteroatoms. The van der Waals surface area contributed by atoms with E-state index in [2.05, 4.69) is 158 Å². The summed E-state index contributed by atoms with van der Waals surface area (Å²) >= 11 is 0. The molecule has 0 N–H and O–H groups in total. The molecular formula is C44H26O. The lowest BCUT2D eigenvalue weighted by Crippen LogP contribution is -1.92. The van der Waals surface area contributed by atoms with Gasteiger partial charge in [-0.3, -0.25) is 0 Å². The molecule has 0 atom stereocenters. The fraction of sp³-hybridized carbons (Fsp3) is 0. The van der Waals surface area contributed by atoms with E-state index in [1.165, 1.54) is 87.2 Å². The van der Waals surface area contributed by atoms with Gasteiger partial charge in [-0.25, -0.2) is 0 Å². The number of hydrogen-bond donors (Lipinski definition) is 0. The fourth-order valence-corrected chi connectivity index (χ4v) is 7.69. The highest BCUT2D eigenvalue weighted by Gasteiger charge is 2.21. The zero-order chi connectivity index (χ0) is 29.5. The van der Waals surface area contributed by atoms with Gasteiger partial charge in [0.15, 0.2) is 0 Å². The van der Waals surface area contributed by atoms with Crippen molar-refractivity contribution >= 4 is 65.0 Å². The van der Waals surface area contributed by atoms with E-state index < -0.39 is 0 Å². The first kappa shape index (κ1) is 24.5. The molecule has 0 radical (unpaired) electrons. The third kappa shape index (κ3) is 3.50. The highest BCUT2D eigenvalue weighted by molar-refractivity contribution is 6.28. The highest BCUT2D eigenvalue weighted by Crippen LogP contribution is 2.48. The Balaban J connectivity index is 1.24. The Labute approximate surface area is 259 Å². The molecule has 1 aromatic heterocycles. The number of hydrogen-bond acceptors (Lipinski definition) is 1. The molecule has 0 spiro atoms. The van der Waals surface area contributed by atoms with E-state index >= 15 is 0 Å². The molecular weight excluding hydrogens is 544 g/mol. The number of rotatable bonds is 3. The van der Waals surface area contributed by atoms with E-state index in [9.17, 15) is 0 Å². The van der Waals surface area contributed by atoms with Crippen molar-refractivity contribution in [2.75, 3.05) is 0 Å². The van der Waals surface area contributed by atoms with Crippen LogP contribution in [0.15, 0.2) is 162 Å². The van der Waals surface area contributed by atoms with Crippen molar-refractivity contribution in [2.45, 2.75) is 0 Å². The molecule has 0 unspecified atom stereocenters. The summed E-state index contributed by atoms with van der Waals surface area (Å²) in [5.41, 5.74) is 9.38. The van der Waals surface area contributed by atoms with E-state index in [0.29, 0.717) is 0 Å². The first-order valence-electron chi connectivity index (χ1n) is 15.5. The van der Waals surface area contributed by atoms with Gasteiger partial charge < -0.3 is 4.42 Å². The monoisotopic (exact) mass is 570 g/mol. The SMILES string of the molecule is c1ccc2c(-c3ccc(-c4c5ccccc5c(-c5ccc6oc7cccc8ccc5c6c87)c5ccccc45)cc3)cccc2c1. The van der Waals surface area contributed by atoms with Crippen molar-refractivity contribution in [3.8, 4) is 33.4 Å². The van der Waals surface area contributed by atoms with Gasteiger partial charge in [-0.1, -0.05) is 140 Å². The maximum atomic E-state index is 6.32. The van der Waals surface area contributed by atoms with Crippen LogP contribution in [0, 0.1) is 0 Å². The van der Waals surface area contributed by atoms with Gasteiger partial charge >= 0.3 is 0 Å². The lowest BCUT2D eigenvalue weighted by atomic mass is 9.84. The van der Waals surface area contributed by atoms with Gasteiger partial charge in [0, 0.05) is 10.8 Å². The molecule has 1 heterocycles. The van der Waals surface area contributed by atoms with Crippen LogP contribution in [0.25, 0.3) is 98.4 Å². The third-order valence-corrected chi connectivity index (χ3v) is 9.64. The lowest BCUT2D eigenvalue weighted by Gasteiger charge is -2.19. The minimum atomic E-state index is 0.942. The van der Waals surface area contributed by atoms with Crippen LogP contribution in [0.2, 0.25) is 0 Å². The summed E-state index contributed by atoms with van der Waals surface area (Å²) in [6.07, 6.45) is 0. The molecule has 1 nitrogen and oxygen atoms in total. The zero-order valence-corrected chi connectivity index (χ0v) is 24.4. The van der Waals surface area contributed by atoms with Crippen LogP contribution >= 0.6 is 0 Å². The average molecular weight is 571 g/mol. The van der Waals surface area contributed by atoms with Gasteiger partial charge in [-0.2, -0.15) is 0 Å². The van der Waals surface area contributed by atoms with Crippen LogP contribution in [0.5, 0.6) is 0 Å². The van der Waals surface area contributed by atoms with Crippen molar-refractivity contribution < 1.29 is 4.42 Å². The first-order valence-corrected chi connectivity index (χ1v) is 15.5. The minimum Gasteiger partial charge on any atom is -0.456 e. The topological polar surface area (TPSA) is 13.1 Å². The van der Waals surface area contributed by atoms with Gasteiger partial charge in [0.1, 0.15) is 11.2 Å². The standard InChI is InChI=1S/C44H26O/c1-2-12-31-27(9-1)10-7-17-32(31)28-19-21-30(22-20-28)41-33-13-3-5-15-35(33)43(36-16-6-4-14-34(36)41)37-25-26-40-44-38(37)24-23-29-11-8-18-39(45-40)42(29)44/h1-26H. The van der Waals surface area contributed by atoms with E-state index in [1.54, 1.807) is 0 Å². The maximum absolute atomic E-state index is 6.32. The highest BCUT2D eigenvalue weighted by atomic mass is 16.3. The summed E-state index contributed by atoms with van der Waals surface area (Å²) < 4.78 is 6.32. The van der Waals surface area contributed by atoms with Crippen LogP contribution in [0.3, 0.4) is 0 Å². The Bertz CT molecular complexity index is 2680. The van der Waals surface area contributed by atoms with E-state index in [-0.39, 0.29) is 0 Å². The normalized spacial score (nSPS) is 12.0. The average Bonchev–Trinajstić information content (AvgIpc) is 3.49. The number of fused-ring (bicyclic) bond motifs is 3. The molecule has 0 fully saturated rings. The van der Waals surface area contributed by atoms with E-state index in [4.69, 9.17) is 4.42 Å². The van der Waals surface area contributed by atoms with E-state index in [0.717, 1.165) is 11.2 Å². The Kier molecular flexibility index (Phi) is 5.06. The largest absolute Gasteiger partial charge is 0.456 e. The maximum Gasteiger partial charge on any atom is 0.136 e. The Morgan fingerprint density at radius 2 is 0.867 bits per heavy atom. The predicted octanol–water partition coefficient (Wildman–Crippen LogP) is 12.6. The van der Waals surface area contributed by atoms with Crippen LogP contribution in [0.1, 0.15) is 0 Å². The Morgan fingerprint density at radius 1 is 0.289 bits per heavy atom. The van der Waals surface area contributed by atoms with Gasteiger partial charge in [0.25, 0.3) is 0 Å². The van der Waals surface area contributed by atoms with E-state index in [1.807, 2.05) is 0 Å². The van der Waals surface area contributed by atoms with Crippen molar-refractivity contribution in [1.29, 1.82) is 0 Å². The molecule has 0 aliphatic rings. The van der Waals surface area contributed by atoms with Gasteiger partial charge in [-0.15, -0.1) is 0 Å². The predicted molar refractivity (Wildman–Crippen MR) is 191 cm³/mol. The minimum absolute atomic E-state index is 0.942. The second-order valence-corrected chi connectivity index (χ2v) is 12.0. The summed E-state index contributed by atoms with van der Waals surface area (Å²) in [4.78, 5) is 0. The summed E-state index contributed by atoms with van der Waals surface area (Å²) in [6.45, 7) is 0. The summed E-state index contributed by atoms with van der Waals surface area (Å²) in [6, 6.07) is 57.4. The van der Waals surface area contributed by atoms with Crippen molar-refractivity contribution in [3.05, 3.63) is 158 Å². The first-order chi connectivity index (χ1) is 22.3. The Hall–Kier alpha value is -5.92. The summed E-state index contributed by atoms with van der Waals surface area (Å²) in [5.74, 6) is 0. The second kappa shape index (κ2) is 9.29. The number of furan rings is 1. The molecule has 45 heavy (non-hydrogen) atoms. The second-order valence-electron chi connectivity index (χ2n) is 12.0. The van der Waals surface area contributed by atoms with Crippen molar-refractivity contribution in [2.24, 2.45) is 0 Å². The van der Waals surface area contributed by atoms with Crippen LogP contribution in [-0.4, -0.2) is 0 Å². The lowest BCUT2D eigenvalue weighted by molar-refractivity contribution is 0.669. The molecule has 10 rings (SSSR count). The summed E-state index contributed by atoms with van der Waals surface area (Å²) in [7, 11) is 0. The molecule has 9 aromatic carbocycles. The van der Waals surface area contributed by atoms with Gasteiger partial charge in [0.2, 0.25) is 0 Å². The molecule has 0 aliphatic carbocycles. The Morgan fingerprint density at radius 3 is 1.62 bits per heavy atom. The molecule has 0 amide bonds. The fourth-order valence-electron chi connectivity index (χ4n) is 7.69. The third-order valence-electron chi connectivity index (χ3n) is 9.64. The molecule has 0 saturated heterocycles. The van der Waals surface area contributed by atoms with Crippen molar-refractivity contribution in [1.82, 2.24) is 0 Å². The van der Waals surface area contributed by atoms with Gasteiger partial charge in [-0.05, 0) is 94.7 Å². The molecule has 10 aromatic rings. The molecule has 0 aliphatic heterocycles. The summed E-state index contributed by atoms with van der Waals surface area (Å²) in [5, 5.41) is 12.4. The molecule has 0 bridgehead atoms. The number of benzene rings is 9.